The molecule has 2 aromatic heterocycles. The summed E-state index contributed by atoms with van der Waals surface area (Å²) in [5, 5.41) is 11.2. The van der Waals surface area contributed by atoms with E-state index >= 15 is 0 Å². The lowest BCUT2D eigenvalue weighted by Crippen LogP contribution is -2.33. The van der Waals surface area contributed by atoms with Gasteiger partial charge in [0.05, 0.1) is 11.6 Å². The molecule has 0 aliphatic carbocycles. The monoisotopic (exact) mass is 264 g/mol. The minimum atomic E-state index is 0.669. The predicted molar refractivity (Wildman–Crippen MR) is 75.4 cm³/mol. The summed E-state index contributed by atoms with van der Waals surface area (Å²) in [6.07, 6.45) is 1.81. The quantitative estimate of drug-likeness (QED) is 0.872. The first-order valence-corrected chi connectivity index (χ1v) is 7.31. The van der Waals surface area contributed by atoms with Gasteiger partial charge in [0.1, 0.15) is 5.82 Å². The van der Waals surface area contributed by atoms with Crippen molar-refractivity contribution in [2.24, 2.45) is 0 Å². The zero-order valence-corrected chi connectivity index (χ0v) is 11.1. The van der Waals surface area contributed by atoms with Crippen molar-refractivity contribution in [1.82, 2.24) is 20.2 Å². The summed E-state index contributed by atoms with van der Waals surface area (Å²) in [5.74, 6) is 3.97. The lowest BCUT2D eigenvalue weighted by Gasteiger charge is -2.27. The van der Waals surface area contributed by atoms with Crippen LogP contribution in [-0.2, 0) is 0 Å². The van der Waals surface area contributed by atoms with E-state index in [2.05, 4.69) is 30.4 Å². The third-order valence-electron chi connectivity index (χ3n) is 2.94. The molecule has 0 unspecified atom stereocenters. The first-order valence-electron chi connectivity index (χ1n) is 6.16. The molecule has 0 spiro atoms. The molecule has 0 saturated carbocycles. The fourth-order valence-corrected chi connectivity index (χ4v) is 2.98. The van der Waals surface area contributed by atoms with E-state index in [0.29, 0.717) is 5.95 Å². The van der Waals surface area contributed by atoms with Crippen molar-refractivity contribution < 1.29 is 0 Å². The Labute approximate surface area is 110 Å². The zero-order chi connectivity index (χ0) is 12.4. The van der Waals surface area contributed by atoms with Crippen LogP contribution < -0.4 is 10.2 Å². The van der Waals surface area contributed by atoms with Gasteiger partial charge in [-0.1, -0.05) is 0 Å². The number of hydrogen-bond donors (Lipinski definition) is 2. The Balaban J connectivity index is 2.03. The molecule has 3 rings (SSSR count). The standard InChI is InChI=1S/C11H16N6S/c1-2-12-11-14-9-8(7-13-16-9)10(15-11)17-3-5-18-6-4-17/h7H,2-6H2,1H3,(H2,12,13,14,15,16). The summed E-state index contributed by atoms with van der Waals surface area (Å²) in [6.45, 7) is 4.92. The number of aromatic nitrogens is 4. The normalized spacial score (nSPS) is 16.2. The summed E-state index contributed by atoms with van der Waals surface area (Å²) in [6, 6.07) is 0. The van der Waals surface area contributed by atoms with Gasteiger partial charge in [0, 0.05) is 31.1 Å². The van der Waals surface area contributed by atoms with Gasteiger partial charge in [-0.15, -0.1) is 0 Å². The van der Waals surface area contributed by atoms with Crippen molar-refractivity contribution in [2.75, 3.05) is 41.4 Å². The molecule has 0 bridgehead atoms. The van der Waals surface area contributed by atoms with Crippen LogP contribution in [0.15, 0.2) is 6.20 Å². The second-order valence-electron chi connectivity index (χ2n) is 4.13. The third kappa shape index (κ3) is 2.10. The largest absolute Gasteiger partial charge is 0.354 e. The molecule has 6 nitrogen and oxygen atoms in total. The second kappa shape index (κ2) is 5.01. The Hall–Kier alpha value is -1.50. The van der Waals surface area contributed by atoms with Gasteiger partial charge in [-0.25, -0.2) is 0 Å². The Morgan fingerprint density at radius 1 is 1.39 bits per heavy atom. The summed E-state index contributed by atoms with van der Waals surface area (Å²) in [4.78, 5) is 11.3. The first-order chi connectivity index (χ1) is 8.88. The van der Waals surface area contributed by atoms with E-state index < -0.39 is 0 Å². The highest BCUT2D eigenvalue weighted by Crippen LogP contribution is 2.25. The number of hydrogen-bond acceptors (Lipinski definition) is 6. The van der Waals surface area contributed by atoms with Gasteiger partial charge >= 0.3 is 0 Å². The smallest absolute Gasteiger partial charge is 0.226 e. The fourth-order valence-electron chi connectivity index (χ4n) is 2.07. The highest BCUT2D eigenvalue weighted by molar-refractivity contribution is 7.99. The highest BCUT2D eigenvalue weighted by Gasteiger charge is 2.17. The Morgan fingerprint density at radius 3 is 3.00 bits per heavy atom. The van der Waals surface area contributed by atoms with Crippen molar-refractivity contribution in [3.8, 4) is 0 Å². The minimum Gasteiger partial charge on any atom is -0.354 e. The molecular weight excluding hydrogens is 248 g/mol. The summed E-state index contributed by atoms with van der Waals surface area (Å²) < 4.78 is 0. The van der Waals surface area contributed by atoms with Crippen molar-refractivity contribution in [3.05, 3.63) is 6.20 Å². The number of aromatic amines is 1. The van der Waals surface area contributed by atoms with Crippen LogP contribution in [0, 0.1) is 0 Å². The van der Waals surface area contributed by atoms with E-state index in [4.69, 9.17) is 0 Å². The van der Waals surface area contributed by atoms with Crippen LogP contribution in [0.5, 0.6) is 0 Å². The molecule has 0 aromatic carbocycles. The van der Waals surface area contributed by atoms with E-state index in [-0.39, 0.29) is 0 Å². The number of nitrogens with zero attached hydrogens (tertiary/aromatic N) is 4. The molecule has 1 saturated heterocycles. The van der Waals surface area contributed by atoms with Gasteiger partial charge in [0.2, 0.25) is 5.95 Å². The molecule has 7 heteroatoms. The van der Waals surface area contributed by atoms with E-state index in [9.17, 15) is 0 Å². The van der Waals surface area contributed by atoms with Gasteiger partial charge in [0.25, 0.3) is 0 Å². The summed E-state index contributed by atoms with van der Waals surface area (Å²) >= 11 is 1.99. The average Bonchev–Trinajstić information content (AvgIpc) is 2.87. The van der Waals surface area contributed by atoms with Crippen molar-refractivity contribution in [1.29, 1.82) is 0 Å². The van der Waals surface area contributed by atoms with Gasteiger partial charge in [0.15, 0.2) is 5.65 Å². The maximum absolute atomic E-state index is 4.62. The molecule has 18 heavy (non-hydrogen) atoms. The van der Waals surface area contributed by atoms with Crippen LogP contribution in [0.2, 0.25) is 0 Å². The number of thioether (sulfide) groups is 1. The number of fused-ring (bicyclic) bond motifs is 1. The molecule has 2 aromatic rings. The molecule has 0 atom stereocenters. The maximum Gasteiger partial charge on any atom is 0.226 e. The molecule has 96 valence electrons. The van der Waals surface area contributed by atoms with Gasteiger partial charge in [-0.2, -0.15) is 26.8 Å². The number of nitrogens with one attached hydrogen (secondary N) is 2. The van der Waals surface area contributed by atoms with Gasteiger partial charge in [-0.3, -0.25) is 5.10 Å². The van der Waals surface area contributed by atoms with E-state index in [1.54, 1.807) is 0 Å². The summed E-state index contributed by atoms with van der Waals surface area (Å²) in [5.41, 5.74) is 0.800. The minimum absolute atomic E-state index is 0.669. The molecule has 2 N–H and O–H groups in total. The number of H-pyrrole nitrogens is 1. The topological polar surface area (TPSA) is 69.7 Å². The highest BCUT2D eigenvalue weighted by atomic mass is 32.2. The predicted octanol–water partition coefficient (Wildman–Crippen LogP) is 1.34. The average molecular weight is 264 g/mol. The molecule has 3 heterocycles. The van der Waals surface area contributed by atoms with Crippen LogP contribution in [-0.4, -0.2) is 51.3 Å². The van der Waals surface area contributed by atoms with Crippen molar-refractivity contribution in [2.45, 2.75) is 6.92 Å². The van der Waals surface area contributed by atoms with E-state index in [1.807, 2.05) is 24.9 Å². The second-order valence-corrected chi connectivity index (χ2v) is 5.36. The SMILES string of the molecule is CCNc1nc(N2CCSCC2)c2cn[nH]c2n1. The molecule has 0 amide bonds. The molecule has 0 radical (unpaired) electrons. The van der Waals surface area contributed by atoms with Crippen LogP contribution in [0.3, 0.4) is 0 Å². The zero-order valence-electron chi connectivity index (χ0n) is 10.3. The Kier molecular flexibility index (Phi) is 3.22. The summed E-state index contributed by atoms with van der Waals surface area (Å²) in [7, 11) is 0. The van der Waals surface area contributed by atoms with Gasteiger partial charge in [-0.05, 0) is 6.92 Å². The van der Waals surface area contributed by atoms with Crippen LogP contribution in [0.25, 0.3) is 11.0 Å². The molecular formula is C11H16N6S. The Bertz CT molecular complexity index is 533. The first kappa shape index (κ1) is 11.6. The molecule has 1 aliphatic heterocycles. The van der Waals surface area contributed by atoms with E-state index in [1.165, 1.54) is 0 Å². The lowest BCUT2D eigenvalue weighted by atomic mass is 10.3. The number of rotatable bonds is 3. The fraction of sp³-hybridized carbons (Fsp3) is 0.545. The van der Waals surface area contributed by atoms with Crippen molar-refractivity contribution in [3.63, 3.8) is 0 Å². The maximum atomic E-state index is 4.62. The molecule has 1 aliphatic rings. The van der Waals surface area contributed by atoms with Gasteiger partial charge < -0.3 is 10.2 Å². The number of anilines is 2. The third-order valence-corrected chi connectivity index (χ3v) is 3.88. The Morgan fingerprint density at radius 2 is 2.22 bits per heavy atom. The van der Waals surface area contributed by atoms with Crippen LogP contribution in [0.1, 0.15) is 6.92 Å². The molecule has 1 fully saturated rings. The van der Waals surface area contributed by atoms with Crippen molar-refractivity contribution >= 4 is 34.6 Å². The van der Waals surface area contributed by atoms with Crippen LogP contribution in [0.4, 0.5) is 11.8 Å². The van der Waals surface area contributed by atoms with Crippen LogP contribution >= 0.6 is 11.8 Å². The lowest BCUT2D eigenvalue weighted by molar-refractivity contribution is 0.842. The van der Waals surface area contributed by atoms with E-state index in [0.717, 1.165) is 48.0 Å².